The third kappa shape index (κ3) is 3.42. The molecule has 6 nitrogen and oxygen atoms in total. The van der Waals surface area contributed by atoms with Crippen molar-refractivity contribution in [3.05, 3.63) is 24.0 Å². The number of nitrogens with one attached hydrogen (secondary N) is 1. The van der Waals surface area contributed by atoms with Crippen molar-refractivity contribution in [2.45, 2.75) is 25.7 Å². The van der Waals surface area contributed by atoms with Crippen molar-refractivity contribution in [3.8, 4) is 0 Å². The Hall–Kier alpha value is -1.82. The largest absolute Gasteiger partial charge is 0.383 e. The summed E-state index contributed by atoms with van der Waals surface area (Å²) in [5, 5.41) is 0. The van der Waals surface area contributed by atoms with Crippen molar-refractivity contribution < 1.29 is 14.3 Å². The fourth-order valence-corrected chi connectivity index (χ4v) is 3.86. The highest BCUT2D eigenvalue weighted by atomic mass is 16.5. The molecule has 1 spiro atoms. The van der Waals surface area contributed by atoms with Gasteiger partial charge in [-0.3, -0.25) is 9.59 Å². The second-order valence-electron chi connectivity index (χ2n) is 6.72. The van der Waals surface area contributed by atoms with Gasteiger partial charge in [-0.05, 0) is 31.4 Å². The average Bonchev–Trinajstić information content (AvgIpc) is 3.10. The molecule has 6 heteroatoms. The van der Waals surface area contributed by atoms with E-state index >= 15 is 0 Å². The van der Waals surface area contributed by atoms with Crippen molar-refractivity contribution >= 4 is 11.8 Å². The van der Waals surface area contributed by atoms with Gasteiger partial charge in [-0.15, -0.1) is 0 Å². The molecular weight excluding hydrogens is 294 g/mol. The number of ether oxygens (including phenoxy) is 1. The Morgan fingerprint density at radius 2 is 2.26 bits per heavy atom. The minimum Gasteiger partial charge on any atom is -0.383 e. The number of hydrogen-bond donors (Lipinski definition) is 1. The van der Waals surface area contributed by atoms with Gasteiger partial charge in [0.05, 0.1) is 6.61 Å². The molecule has 3 heterocycles. The molecule has 2 saturated heterocycles. The number of nitrogens with zero attached hydrogens (tertiary/aromatic N) is 2. The van der Waals surface area contributed by atoms with E-state index in [0.29, 0.717) is 25.3 Å². The van der Waals surface area contributed by atoms with Crippen LogP contribution in [-0.4, -0.2) is 66.5 Å². The number of rotatable bonds is 4. The molecule has 126 valence electrons. The van der Waals surface area contributed by atoms with Crippen LogP contribution in [0.1, 0.15) is 36.2 Å². The van der Waals surface area contributed by atoms with Gasteiger partial charge in [0.25, 0.3) is 5.91 Å². The normalized spacial score (nSPS) is 25.2. The summed E-state index contributed by atoms with van der Waals surface area (Å²) in [5.74, 6) is 0.273. The first-order chi connectivity index (χ1) is 11.1. The quantitative estimate of drug-likeness (QED) is 0.915. The molecule has 2 aliphatic rings. The Morgan fingerprint density at radius 3 is 3.00 bits per heavy atom. The van der Waals surface area contributed by atoms with Gasteiger partial charge in [-0.25, -0.2) is 0 Å². The van der Waals surface area contributed by atoms with E-state index in [9.17, 15) is 9.59 Å². The van der Waals surface area contributed by atoms with Gasteiger partial charge in [-0.2, -0.15) is 0 Å². The van der Waals surface area contributed by atoms with Gasteiger partial charge in [0.2, 0.25) is 5.91 Å². The molecule has 3 rings (SSSR count). The van der Waals surface area contributed by atoms with Crippen LogP contribution in [0.2, 0.25) is 0 Å². The zero-order valence-corrected chi connectivity index (χ0v) is 13.7. The third-order valence-electron chi connectivity index (χ3n) is 5.09. The van der Waals surface area contributed by atoms with E-state index in [1.165, 1.54) is 0 Å². The van der Waals surface area contributed by atoms with Crippen molar-refractivity contribution in [2.75, 3.05) is 39.9 Å². The Balaban J connectivity index is 1.69. The smallest absolute Gasteiger partial charge is 0.270 e. The molecular formula is C17H25N3O3. The molecule has 1 atom stereocenters. The summed E-state index contributed by atoms with van der Waals surface area (Å²) in [5.41, 5.74) is 0.687. The maximum atomic E-state index is 12.6. The van der Waals surface area contributed by atoms with Gasteiger partial charge in [0.1, 0.15) is 5.69 Å². The first kappa shape index (κ1) is 16.1. The molecule has 0 radical (unpaired) electrons. The summed E-state index contributed by atoms with van der Waals surface area (Å²) >= 11 is 0. The Bertz CT molecular complexity index is 557. The molecule has 1 aromatic rings. The fourth-order valence-electron chi connectivity index (χ4n) is 3.86. The Kier molecular flexibility index (Phi) is 4.71. The van der Waals surface area contributed by atoms with Crippen LogP contribution in [0.25, 0.3) is 0 Å². The minimum atomic E-state index is 0.0438. The van der Waals surface area contributed by atoms with E-state index in [0.717, 1.165) is 38.9 Å². The lowest BCUT2D eigenvalue weighted by atomic mass is 9.73. The Morgan fingerprint density at radius 1 is 1.39 bits per heavy atom. The monoisotopic (exact) mass is 319 g/mol. The second-order valence-corrected chi connectivity index (χ2v) is 6.72. The van der Waals surface area contributed by atoms with Crippen LogP contribution in [0.15, 0.2) is 18.3 Å². The molecule has 1 aromatic heterocycles. The highest BCUT2D eigenvalue weighted by Crippen LogP contribution is 2.39. The number of likely N-dealkylation sites (tertiary alicyclic amines) is 2. The van der Waals surface area contributed by atoms with Crippen LogP contribution >= 0.6 is 0 Å². The highest BCUT2D eigenvalue weighted by molar-refractivity contribution is 5.92. The van der Waals surface area contributed by atoms with Gasteiger partial charge < -0.3 is 19.5 Å². The maximum Gasteiger partial charge on any atom is 0.270 e. The lowest BCUT2D eigenvalue weighted by molar-refractivity contribution is -0.139. The fraction of sp³-hybridized carbons (Fsp3) is 0.647. The van der Waals surface area contributed by atoms with E-state index in [-0.39, 0.29) is 17.2 Å². The SMILES string of the molecule is COCCN1CC2(CCCN(C(=O)c3ccc[nH]3)C2)CCC1=O. The van der Waals surface area contributed by atoms with Gasteiger partial charge in [0, 0.05) is 51.3 Å². The van der Waals surface area contributed by atoms with Gasteiger partial charge in [-0.1, -0.05) is 0 Å². The summed E-state index contributed by atoms with van der Waals surface area (Å²) in [4.78, 5) is 31.6. The summed E-state index contributed by atoms with van der Waals surface area (Å²) in [6.07, 6.45) is 5.31. The summed E-state index contributed by atoms with van der Waals surface area (Å²) in [7, 11) is 1.65. The zero-order valence-electron chi connectivity index (χ0n) is 13.7. The molecule has 0 saturated carbocycles. The van der Waals surface area contributed by atoms with Crippen molar-refractivity contribution in [1.29, 1.82) is 0 Å². The van der Waals surface area contributed by atoms with Gasteiger partial charge >= 0.3 is 0 Å². The van der Waals surface area contributed by atoms with Crippen LogP contribution in [0, 0.1) is 5.41 Å². The number of H-pyrrole nitrogens is 1. The first-order valence-electron chi connectivity index (χ1n) is 8.33. The molecule has 2 aliphatic heterocycles. The molecule has 2 fully saturated rings. The zero-order chi connectivity index (χ0) is 16.3. The molecule has 0 aromatic carbocycles. The second kappa shape index (κ2) is 6.74. The lowest BCUT2D eigenvalue weighted by Gasteiger charge is -2.48. The predicted molar refractivity (Wildman–Crippen MR) is 86.1 cm³/mol. The predicted octanol–water partition coefficient (Wildman–Crippen LogP) is 1.51. The van der Waals surface area contributed by atoms with Crippen molar-refractivity contribution in [1.82, 2.24) is 14.8 Å². The molecule has 2 amide bonds. The van der Waals surface area contributed by atoms with Gasteiger partial charge in [0.15, 0.2) is 0 Å². The van der Waals surface area contributed by atoms with Crippen molar-refractivity contribution in [3.63, 3.8) is 0 Å². The number of amides is 2. The minimum absolute atomic E-state index is 0.0438. The first-order valence-corrected chi connectivity index (χ1v) is 8.33. The number of aromatic amines is 1. The third-order valence-corrected chi connectivity index (χ3v) is 5.09. The number of aromatic nitrogens is 1. The number of piperidine rings is 2. The van der Waals surface area contributed by atoms with Crippen LogP contribution < -0.4 is 0 Å². The molecule has 0 aliphatic carbocycles. The standard InChI is InChI=1S/C17H25N3O3/c1-23-11-10-19-12-17(7-5-15(19)21)6-3-9-20(13-17)16(22)14-4-2-8-18-14/h2,4,8,18H,3,5-7,9-13H2,1H3. The molecule has 23 heavy (non-hydrogen) atoms. The summed E-state index contributed by atoms with van der Waals surface area (Å²) < 4.78 is 5.11. The number of methoxy groups -OCH3 is 1. The Labute approximate surface area is 136 Å². The summed E-state index contributed by atoms with van der Waals surface area (Å²) in [6.45, 7) is 3.48. The lowest BCUT2D eigenvalue weighted by Crippen LogP contribution is -2.55. The summed E-state index contributed by atoms with van der Waals surface area (Å²) in [6, 6.07) is 3.66. The van der Waals surface area contributed by atoms with E-state index in [2.05, 4.69) is 4.98 Å². The maximum absolute atomic E-state index is 12.6. The van der Waals surface area contributed by atoms with Crippen molar-refractivity contribution in [2.24, 2.45) is 5.41 Å². The average molecular weight is 319 g/mol. The molecule has 1 unspecified atom stereocenters. The number of carbonyl (C=O) groups excluding carboxylic acids is 2. The van der Waals surface area contributed by atoms with E-state index in [1.54, 1.807) is 13.3 Å². The van der Waals surface area contributed by atoms with E-state index in [1.807, 2.05) is 21.9 Å². The topological polar surface area (TPSA) is 65.6 Å². The van der Waals surface area contributed by atoms with E-state index in [4.69, 9.17) is 4.74 Å². The van der Waals surface area contributed by atoms with Crippen LogP contribution in [-0.2, 0) is 9.53 Å². The number of hydrogen-bond acceptors (Lipinski definition) is 3. The van der Waals surface area contributed by atoms with Crippen LogP contribution in [0.3, 0.4) is 0 Å². The number of carbonyl (C=O) groups is 2. The highest BCUT2D eigenvalue weighted by Gasteiger charge is 2.42. The van der Waals surface area contributed by atoms with Crippen LogP contribution in [0.4, 0.5) is 0 Å². The molecule has 1 N–H and O–H groups in total. The van der Waals surface area contributed by atoms with Crippen LogP contribution in [0.5, 0.6) is 0 Å². The molecule has 0 bridgehead atoms. The van der Waals surface area contributed by atoms with E-state index < -0.39 is 0 Å².